The third-order valence-electron chi connectivity index (χ3n) is 3.21. The third kappa shape index (κ3) is 2.06. The standard InChI is InChI=1S/C10H18N2OS/c11-5-8-1-3-12(6-8)10(13)9-2-4-14-7-9/h8-9H,1-7,11H2. The van der Waals surface area contributed by atoms with E-state index in [0.29, 0.717) is 17.7 Å². The van der Waals surface area contributed by atoms with Gasteiger partial charge in [0.2, 0.25) is 5.91 Å². The molecule has 2 N–H and O–H groups in total. The number of hydrogen-bond donors (Lipinski definition) is 1. The molecule has 0 aromatic carbocycles. The van der Waals surface area contributed by atoms with Gasteiger partial charge in [-0.15, -0.1) is 0 Å². The highest BCUT2D eigenvalue weighted by Gasteiger charge is 2.31. The van der Waals surface area contributed by atoms with Crippen molar-refractivity contribution in [1.29, 1.82) is 0 Å². The second-order valence-electron chi connectivity index (χ2n) is 4.24. The summed E-state index contributed by atoms with van der Waals surface area (Å²) in [7, 11) is 0. The number of hydrogen-bond acceptors (Lipinski definition) is 3. The molecule has 2 heterocycles. The van der Waals surface area contributed by atoms with Crippen molar-refractivity contribution in [3.8, 4) is 0 Å². The van der Waals surface area contributed by atoms with Gasteiger partial charge in [0.25, 0.3) is 0 Å². The highest BCUT2D eigenvalue weighted by Crippen LogP contribution is 2.27. The molecule has 3 nitrogen and oxygen atoms in total. The van der Waals surface area contributed by atoms with Crippen LogP contribution in [0.25, 0.3) is 0 Å². The fourth-order valence-electron chi connectivity index (χ4n) is 2.21. The lowest BCUT2D eigenvalue weighted by Gasteiger charge is -2.19. The normalized spacial score (nSPS) is 32.5. The summed E-state index contributed by atoms with van der Waals surface area (Å²) >= 11 is 1.90. The van der Waals surface area contributed by atoms with Gasteiger partial charge in [-0.05, 0) is 31.1 Å². The van der Waals surface area contributed by atoms with Gasteiger partial charge < -0.3 is 10.6 Å². The van der Waals surface area contributed by atoms with Crippen LogP contribution in [0.5, 0.6) is 0 Å². The maximum atomic E-state index is 12.0. The Hall–Kier alpha value is -0.220. The van der Waals surface area contributed by atoms with Gasteiger partial charge in [0.1, 0.15) is 0 Å². The molecule has 0 spiro atoms. The molecule has 0 aromatic heterocycles. The van der Waals surface area contributed by atoms with Gasteiger partial charge in [0.15, 0.2) is 0 Å². The van der Waals surface area contributed by atoms with E-state index in [-0.39, 0.29) is 0 Å². The molecule has 14 heavy (non-hydrogen) atoms. The predicted molar refractivity (Wildman–Crippen MR) is 59.2 cm³/mol. The number of carbonyl (C=O) groups excluding carboxylic acids is 1. The van der Waals surface area contributed by atoms with Crippen molar-refractivity contribution in [3.63, 3.8) is 0 Å². The van der Waals surface area contributed by atoms with Crippen LogP contribution in [0, 0.1) is 11.8 Å². The summed E-state index contributed by atoms with van der Waals surface area (Å²) in [6.07, 6.45) is 2.18. The van der Waals surface area contributed by atoms with Gasteiger partial charge in [-0.1, -0.05) is 0 Å². The fourth-order valence-corrected chi connectivity index (χ4v) is 3.42. The molecule has 2 fully saturated rings. The van der Waals surface area contributed by atoms with Gasteiger partial charge in [-0.25, -0.2) is 0 Å². The number of thioether (sulfide) groups is 1. The van der Waals surface area contributed by atoms with Crippen molar-refractivity contribution in [2.75, 3.05) is 31.1 Å². The predicted octanol–water partition coefficient (Wildman–Crippen LogP) is 0.547. The van der Waals surface area contributed by atoms with E-state index < -0.39 is 0 Å². The molecule has 2 rings (SSSR count). The Balaban J connectivity index is 1.86. The zero-order chi connectivity index (χ0) is 9.97. The molecule has 0 bridgehead atoms. The summed E-state index contributed by atoms with van der Waals surface area (Å²) in [5.41, 5.74) is 5.61. The van der Waals surface area contributed by atoms with E-state index in [4.69, 9.17) is 5.73 Å². The zero-order valence-electron chi connectivity index (χ0n) is 8.45. The van der Waals surface area contributed by atoms with E-state index in [1.54, 1.807) is 0 Å². The lowest BCUT2D eigenvalue weighted by molar-refractivity contribution is -0.133. The minimum atomic E-state index is 0.302. The van der Waals surface area contributed by atoms with Crippen molar-refractivity contribution < 1.29 is 4.79 Å². The Morgan fingerprint density at radius 1 is 1.50 bits per heavy atom. The summed E-state index contributed by atoms with van der Waals surface area (Å²) in [6.45, 7) is 2.56. The molecule has 4 heteroatoms. The van der Waals surface area contributed by atoms with Gasteiger partial charge >= 0.3 is 0 Å². The molecule has 2 aliphatic rings. The SMILES string of the molecule is NCC1CCN(C(=O)C2CCSC2)C1. The molecule has 2 aliphatic heterocycles. The first-order valence-corrected chi connectivity index (χ1v) is 6.53. The van der Waals surface area contributed by atoms with E-state index >= 15 is 0 Å². The number of likely N-dealkylation sites (tertiary alicyclic amines) is 1. The highest BCUT2D eigenvalue weighted by atomic mass is 32.2. The average Bonchev–Trinajstić information content (AvgIpc) is 2.88. The topological polar surface area (TPSA) is 46.3 Å². The molecule has 80 valence electrons. The van der Waals surface area contributed by atoms with Crippen LogP contribution < -0.4 is 5.73 Å². The molecule has 0 radical (unpaired) electrons. The van der Waals surface area contributed by atoms with Gasteiger partial charge in [0.05, 0.1) is 0 Å². The maximum absolute atomic E-state index is 12.0. The second kappa shape index (κ2) is 4.53. The summed E-state index contributed by atoms with van der Waals surface area (Å²) in [5, 5.41) is 0. The maximum Gasteiger partial charge on any atom is 0.226 e. The quantitative estimate of drug-likeness (QED) is 0.730. The smallest absolute Gasteiger partial charge is 0.226 e. The number of nitrogens with zero attached hydrogens (tertiary/aromatic N) is 1. The third-order valence-corrected chi connectivity index (χ3v) is 4.37. The lowest BCUT2D eigenvalue weighted by atomic mass is 10.1. The summed E-state index contributed by atoms with van der Waals surface area (Å²) in [4.78, 5) is 14.0. The van der Waals surface area contributed by atoms with E-state index in [2.05, 4.69) is 0 Å². The fraction of sp³-hybridized carbons (Fsp3) is 0.900. The summed E-state index contributed by atoms with van der Waals surface area (Å²) in [6, 6.07) is 0. The van der Waals surface area contributed by atoms with E-state index in [1.807, 2.05) is 16.7 Å². The minimum absolute atomic E-state index is 0.302. The van der Waals surface area contributed by atoms with Gasteiger partial charge in [-0.2, -0.15) is 11.8 Å². The Morgan fingerprint density at radius 3 is 2.93 bits per heavy atom. The van der Waals surface area contributed by atoms with Crippen molar-refractivity contribution in [2.45, 2.75) is 12.8 Å². The monoisotopic (exact) mass is 214 g/mol. The molecule has 0 aliphatic carbocycles. The minimum Gasteiger partial charge on any atom is -0.342 e. The Morgan fingerprint density at radius 2 is 2.36 bits per heavy atom. The molecule has 0 saturated carbocycles. The van der Waals surface area contributed by atoms with Gasteiger partial charge in [0, 0.05) is 24.8 Å². The van der Waals surface area contributed by atoms with Crippen LogP contribution in [0.3, 0.4) is 0 Å². The molecule has 2 unspecified atom stereocenters. The van der Waals surface area contributed by atoms with E-state index in [0.717, 1.165) is 44.0 Å². The van der Waals surface area contributed by atoms with Crippen LogP contribution >= 0.6 is 11.8 Å². The van der Waals surface area contributed by atoms with Crippen LogP contribution in [0.4, 0.5) is 0 Å². The number of nitrogens with two attached hydrogens (primary N) is 1. The summed E-state index contributed by atoms with van der Waals surface area (Å²) < 4.78 is 0. The van der Waals surface area contributed by atoms with Crippen LogP contribution in [-0.4, -0.2) is 41.9 Å². The van der Waals surface area contributed by atoms with Crippen LogP contribution in [0.2, 0.25) is 0 Å². The molecule has 0 aromatic rings. The van der Waals surface area contributed by atoms with Gasteiger partial charge in [-0.3, -0.25) is 4.79 Å². The number of rotatable bonds is 2. The van der Waals surface area contributed by atoms with Crippen molar-refractivity contribution in [2.24, 2.45) is 17.6 Å². The second-order valence-corrected chi connectivity index (χ2v) is 5.38. The highest BCUT2D eigenvalue weighted by molar-refractivity contribution is 7.99. The molecule has 1 amide bonds. The zero-order valence-corrected chi connectivity index (χ0v) is 9.26. The average molecular weight is 214 g/mol. The molecule has 2 saturated heterocycles. The Kier molecular flexibility index (Phi) is 3.34. The van der Waals surface area contributed by atoms with Crippen molar-refractivity contribution in [3.05, 3.63) is 0 Å². The molecular formula is C10H18N2OS. The first-order valence-electron chi connectivity index (χ1n) is 5.38. The largest absolute Gasteiger partial charge is 0.342 e. The van der Waals surface area contributed by atoms with E-state index in [1.165, 1.54) is 0 Å². The first kappa shape index (κ1) is 10.3. The Labute approximate surface area is 89.4 Å². The summed E-state index contributed by atoms with van der Waals surface area (Å²) in [5.74, 6) is 3.42. The van der Waals surface area contributed by atoms with Crippen LogP contribution in [0.1, 0.15) is 12.8 Å². The number of carbonyl (C=O) groups is 1. The van der Waals surface area contributed by atoms with Crippen molar-refractivity contribution >= 4 is 17.7 Å². The van der Waals surface area contributed by atoms with Crippen LogP contribution in [-0.2, 0) is 4.79 Å². The first-order chi connectivity index (χ1) is 6.81. The van der Waals surface area contributed by atoms with Crippen LogP contribution in [0.15, 0.2) is 0 Å². The molecule has 2 atom stereocenters. The molecular weight excluding hydrogens is 196 g/mol. The Bertz CT molecular complexity index is 216. The van der Waals surface area contributed by atoms with Crippen molar-refractivity contribution in [1.82, 2.24) is 4.90 Å². The number of amides is 1. The van der Waals surface area contributed by atoms with E-state index in [9.17, 15) is 4.79 Å². The lowest BCUT2D eigenvalue weighted by Crippen LogP contribution is -2.35.